The molecule has 1 aromatic heterocycles. The molecule has 0 unspecified atom stereocenters. The van der Waals surface area contributed by atoms with Gasteiger partial charge in [0.2, 0.25) is 0 Å². The van der Waals surface area contributed by atoms with Gasteiger partial charge in [0.25, 0.3) is 0 Å². The van der Waals surface area contributed by atoms with Gasteiger partial charge in [0, 0.05) is 12.2 Å². The second kappa shape index (κ2) is 5.63. The Bertz CT molecular complexity index is 538. The molecule has 0 saturated heterocycles. The first-order chi connectivity index (χ1) is 8.65. The lowest BCUT2D eigenvalue weighted by molar-refractivity contribution is 0.625. The molecule has 0 bridgehead atoms. The van der Waals surface area contributed by atoms with Crippen LogP contribution >= 0.6 is 0 Å². The molecule has 1 aromatic carbocycles. The number of pyridine rings is 1. The normalized spacial score (nSPS) is 10.4. The molecule has 2 aromatic rings. The third kappa shape index (κ3) is 3.29. The molecule has 3 heteroatoms. The van der Waals surface area contributed by atoms with E-state index in [9.17, 15) is 4.39 Å². The summed E-state index contributed by atoms with van der Waals surface area (Å²) < 4.78 is 13.0. The maximum absolute atomic E-state index is 13.0. The average Bonchev–Trinajstić information content (AvgIpc) is 2.32. The Morgan fingerprint density at radius 2 is 2.00 bits per heavy atom. The maximum atomic E-state index is 13.0. The Hall–Kier alpha value is -1.90. The summed E-state index contributed by atoms with van der Waals surface area (Å²) >= 11 is 0. The molecular weight excluding hydrogens is 227 g/mol. The summed E-state index contributed by atoms with van der Waals surface area (Å²) in [4.78, 5) is 4.37. The van der Waals surface area contributed by atoms with E-state index < -0.39 is 0 Å². The molecule has 0 fully saturated rings. The summed E-state index contributed by atoms with van der Waals surface area (Å²) in [5, 5.41) is 3.27. The lowest BCUT2D eigenvalue weighted by Crippen LogP contribution is -2.07. The molecule has 0 saturated carbocycles. The SMILES string of the molecule is Cc1cccc(NCCc2ccc(F)cc2C)n1. The van der Waals surface area contributed by atoms with Gasteiger partial charge in [0.1, 0.15) is 11.6 Å². The minimum atomic E-state index is -0.176. The number of aryl methyl sites for hydroxylation is 2. The van der Waals surface area contributed by atoms with Crippen LogP contribution in [0.4, 0.5) is 10.2 Å². The zero-order valence-electron chi connectivity index (χ0n) is 10.7. The number of halogens is 1. The van der Waals surface area contributed by atoms with Crippen molar-refractivity contribution in [3.63, 3.8) is 0 Å². The van der Waals surface area contributed by atoms with E-state index >= 15 is 0 Å². The molecule has 0 amide bonds. The van der Waals surface area contributed by atoms with Gasteiger partial charge in [-0.15, -0.1) is 0 Å². The van der Waals surface area contributed by atoms with Crippen molar-refractivity contribution >= 4 is 5.82 Å². The van der Waals surface area contributed by atoms with Crippen molar-refractivity contribution in [2.75, 3.05) is 11.9 Å². The average molecular weight is 244 g/mol. The van der Waals surface area contributed by atoms with Crippen LogP contribution in [0, 0.1) is 19.7 Å². The molecule has 0 radical (unpaired) electrons. The summed E-state index contributed by atoms with van der Waals surface area (Å²) in [5.74, 6) is 0.708. The fourth-order valence-corrected chi connectivity index (χ4v) is 1.91. The first kappa shape index (κ1) is 12.6. The third-order valence-electron chi connectivity index (χ3n) is 2.89. The Kier molecular flexibility index (Phi) is 3.92. The summed E-state index contributed by atoms with van der Waals surface area (Å²) in [6.07, 6.45) is 0.863. The van der Waals surface area contributed by atoms with Crippen LogP contribution in [0.25, 0.3) is 0 Å². The van der Waals surface area contributed by atoms with Crippen molar-refractivity contribution in [3.8, 4) is 0 Å². The fourth-order valence-electron chi connectivity index (χ4n) is 1.91. The number of anilines is 1. The van der Waals surface area contributed by atoms with E-state index in [0.717, 1.165) is 35.6 Å². The smallest absolute Gasteiger partial charge is 0.126 e. The highest BCUT2D eigenvalue weighted by Crippen LogP contribution is 2.11. The van der Waals surface area contributed by atoms with Gasteiger partial charge in [-0.05, 0) is 55.7 Å². The molecule has 0 aliphatic rings. The van der Waals surface area contributed by atoms with E-state index in [-0.39, 0.29) is 5.82 Å². The molecule has 1 heterocycles. The minimum Gasteiger partial charge on any atom is -0.370 e. The lowest BCUT2D eigenvalue weighted by Gasteiger charge is -2.08. The number of hydrogen-bond donors (Lipinski definition) is 1. The Labute approximate surface area is 107 Å². The minimum absolute atomic E-state index is 0.176. The first-order valence-electron chi connectivity index (χ1n) is 6.08. The molecule has 2 nitrogen and oxygen atoms in total. The van der Waals surface area contributed by atoms with Crippen molar-refractivity contribution < 1.29 is 4.39 Å². The Morgan fingerprint density at radius 3 is 2.72 bits per heavy atom. The highest BCUT2D eigenvalue weighted by molar-refractivity contribution is 5.36. The van der Waals surface area contributed by atoms with Crippen LogP contribution in [0.3, 0.4) is 0 Å². The van der Waals surface area contributed by atoms with E-state index in [0.29, 0.717) is 0 Å². The summed E-state index contributed by atoms with van der Waals surface area (Å²) in [6.45, 7) is 4.70. The number of benzene rings is 1. The standard InChI is InChI=1S/C15H17FN2/c1-11-10-14(16)7-6-13(11)8-9-17-15-5-3-4-12(2)18-15/h3-7,10H,8-9H2,1-2H3,(H,17,18). The quantitative estimate of drug-likeness (QED) is 0.890. The van der Waals surface area contributed by atoms with Crippen molar-refractivity contribution in [1.82, 2.24) is 4.98 Å². The highest BCUT2D eigenvalue weighted by Gasteiger charge is 2.00. The predicted octanol–water partition coefficient (Wildman–Crippen LogP) is 3.49. The van der Waals surface area contributed by atoms with Crippen LogP contribution in [-0.4, -0.2) is 11.5 Å². The van der Waals surface area contributed by atoms with Gasteiger partial charge in [-0.1, -0.05) is 12.1 Å². The van der Waals surface area contributed by atoms with Crippen molar-refractivity contribution in [2.45, 2.75) is 20.3 Å². The van der Waals surface area contributed by atoms with E-state index in [1.54, 1.807) is 6.07 Å². The molecule has 0 aliphatic carbocycles. The van der Waals surface area contributed by atoms with E-state index in [2.05, 4.69) is 10.3 Å². The Balaban J connectivity index is 1.92. The number of hydrogen-bond acceptors (Lipinski definition) is 2. The summed E-state index contributed by atoms with van der Waals surface area (Å²) in [5.41, 5.74) is 3.16. The van der Waals surface area contributed by atoms with Gasteiger partial charge in [-0.25, -0.2) is 9.37 Å². The van der Waals surface area contributed by atoms with Crippen LogP contribution < -0.4 is 5.32 Å². The van der Waals surface area contributed by atoms with Crippen molar-refractivity contribution in [2.24, 2.45) is 0 Å². The summed E-state index contributed by atoms with van der Waals surface area (Å²) in [6, 6.07) is 10.8. The van der Waals surface area contributed by atoms with Crippen LogP contribution in [0.2, 0.25) is 0 Å². The zero-order valence-corrected chi connectivity index (χ0v) is 10.7. The van der Waals surface area contributed by atoms with E-state index in [1.165, 1.54) is 6.07 Å². The van der Waals surface area contributed by atoms with Crippen LogP contribution in [-0.2, 0) is 6.42 Å². The molecule has 94 valence electrons. The number of nitrogens with zero attached hydrogens (tertiary/aromatic N) is 1. The third-order valence-corrected chi connectivity index (χ3v) is 2.89. The van der Waals surface area contributed by atoms with Crippen molar-refractivity contribution in [3.05, 3.63) is 59.0 Å². The second-order valence-electron chi connectivity index (χ2n) is 4.41. The van der Waals surface area contributed by atoms with Gasteiger partial charge >= 0.3 is 0 Å². The van der Waals surface area contributed by atoms with Gasteiger partial charge in [-0.2, -0.15) is 0 Å². The molecule has 1 N–H and O–H groups in total. The second-order valence-corrected chi connectivity index (χ2v) is 4.41. The zero-order chi connectivity index (χ0) is 13.0. The molecule has 18 heavy (non-hydrogen) atoms. The molecule has 0 spiro atoms. The Morgan fingerprint density at radius 1 is 1.17 bits per heavy atom. The van der Waals surface area contributed by atoms with Crippen molar-refractivity contribution in [1.29, 1.82) is 0 Å². The maximum Gasteiger partial charge on any atom is 0.126 e. The largest absolute Gasteiger partial charge is 0.370 e. The van der Waals surface area contributed by atoms with E-state index in [1.807, 2.05) is 38.1 Å². The number of nitrogens with one attached hydrogen (secondary N) is 1. The van der Waals surface area contributed by atoms with Gasteiger partial charge < -0.3 is 5.32 Å². The van der Waals surface area contributed by atoms with Crippen LogP contribution in [0.15, 0.2) is 36.4 Å². The molecule has 0 atom stereocenters. The van der Waals surface area contributed by atoms with E-state index in [4.69, 9.17) is 0 Å². The summed E-state index contributed by atoms with van der Waals surface area (Å²) in [7, 11) is 0. The predicted molar refractivity (Wildman–Crippen MR) is 72.3 cm³/mol. The topological polar surface area (TPSA) is 24.9 Å². The van der Waals surface area contributed by atoms with Crippen LogP contribution in [0.5, 0.6) is 0 Å². The van der Waals surface area contributed by atoms with Gasteiger partial charge in [-0.3, -0.25) is 0 Å². The number of rotatable bonds is 4. The monoisotopic (exact) mass is 244 g/mol. The highest BCUT2D eigenvalue weighted by atomic mass is 19.1. The fraction of sp³-hybridized carbons (Fsp3) is 0.267. The molecular formula is C15H17FN2. The molecule has 0 aliphatic heterocycles. The van der Waals surface area contributed by atoms with Gasteiger partial charge in [0.05, 0.1) is 0 Å². The first-order valence-corrected chi connectivity index (χ1v) is 6.08. The lowest BCUT2D eigenvalue weighted by atomic mass is 10.1. The number of aromatic nitrogens is 1. The molecule has 2 rings (SSSR count). The van der Waals surface area contributed by atoms with Crippen LogP contribution in [0.1, 0.15) is 16.8 Å². The van der Waals surface area contributed by atoms with Gasteiger partial charge in [0.15, 0.2) is 0 Å².